The molecule has 2 aromatic carbocycles. The number of hydrogen-bond donors (Lipinski definition) is 2. The van der Waals surface area contributed by atoms with Gasteiger partial charge in [0.15, 0.2) is 11.9 Å². The highest BCUT2D eigenvalue weighted by Crippen LogP contribution is 2.35. The van der Waals surface area contributed by atoms with Crippen molar-refractivity contribution in [1.82, 2.24) is 15.0 Å². The van der Waals surface area contributed by atoms with Crippen molar-refractivity contribution in [3.8, 4) is 0 Å². The standard InChI is InChI=1S/C24H25N5O4/c1-29(20(21(25)30)22-27-15-26-16-28-22)13-12-19(14-29)33-23(31)24(32,17-8-4-2-5-9-17)18-10-6-3-7-11-18/h2-11,15-16,19-20,32H,12-14H2,1H3,(H-,25,30)/p+1/t19-,20?,29?/m1/s1. The molecule has 0 radical (unpaired) electrons. The average molecular weight is 449 g/mol. The number of quaternary nitrogens is 1. The van der Waals surface area contributed by atoms with Crippen molar-refractivity contribution in [3.05, 3.63) is 90.3 Å². The Morgan fingerprint density at radius 2 is 1.61 bits per heavy atom. The highest BCUT2D eigenvalue weighted by Gasteiger charge is 2.49. The van der Waals surface area contributed by atoms with Crippen molar-refractivity contribution in [3.63, 3.8) is 0 Å². The Bertz CT molecular complexity index is 1070. The van der Waals surface area contributed by atoms with Crippen molar-refractivity contribution < 1.29 is 23.9 Å². The van der Waals surface area contributed by atoms with Crippen molar-refractivity contribution in [1.29, 1.82) is 0 Å². The van der Waals surface area contributed by atoms with E-state index < -0.39 is 29.6 Å². The first-order valence-electron chi connectivity index (χ1n) is 10.6. The van der Waals surface area contributed by atoms with Gasteiger partial charge in [0.2, 0.25) is 11.6 Å². The summed E-state index contributed by atoms with van der Waals surface area (Å²) >= 11 is 0. The predicted molar refractivity (Wildman–Crippen MR) is 118 cm³/mol. The lowest BCUT2D eigenvalue weighted by Gasteiger charge is -2.35. The topological polar surface area (TPSA) is 128 Å². The maximum absolute atomic E-state index is 13.4. The quantitative estimate of drug-likeness (QED) is 0.409. The van der Waals surface area contributed by atoms with Gasteiger partial charge in [-0.05, 0) is 11.1 Å². The fourth-order valence-corrected chi connectivity index (χ4v) is 4.52. The van der Waals surface area contributed by atoms with E-state index in [1.165, 1.54) is 12.7 Å². The molecule has 1 aliphatic rings. The van der Waals surface area contributed by atoms with Crippen LogP contribution in [0.4, 0.5) is 0 Å². The highest BCUT2D eigenvalue weighted by molar-refractivity contribution is 5.85. The van der Waals surface area contributed by atoms with Gasteiger partial charge in [0.25, 0.3) is 5.91 Å². The molecule has 3 atom stereocenters. The molecule has 0 spiro atoms. The van der Waals surface area contributed by atoms with Crippen LogP contribution in [0.1, 0.15) is 29.4 Å². The van der Waals surface area contributed by atoms with Gasteiger partial charge in [0.1, 0.15) is 19.2 Å². The molecule has 170 valence electrons. The number of primary amides is 1. The predicted octanol–water partition coefficient (Wildman–Crippen LogP) is 1.10. The summed E-state index contributed by atoms with van der Waals surface area (Å²) in [7, 11) is 1.85. The number of benzene rings is 2. The van der Waals surface area contributed by atoms with E-state index in [2.05, 4.69) is 15.0 Å². The van der Waals surface area contributed by atoms with Gasteiger partial charge in [-0.1, -0.05) is 60.7 Å². The van der Waals surface area contributed by atoms with Crippen LogP contribution in [-0.4, -0.2) is 62.7 Å². The van der Waals surface area contributed by atoms with Crippen LogP contribution in [0.3, 0.4) is 0 Å². The molecule has 1 amide bonds. The Morgan fingerprint density at radius 1 is 1.06 bits per heavy atom. The summed E-state index contributed by atoms with van der Waals surface area (Å²) < 4.78 is 6.02. The zero-order valence-electron chi connectivity index (χ0n) is 18.2. The van der Waals surface area contributed by atoms with Crippen LogP contribution >= 0.6 is 0 Å². The van der Waals surface area contributed by atoms with Crippen molar-refractivity contribution in [2.24, 2.45) is 5.73 Å². The second-order valence-electron chi connectivity index (χ2n) is 8.45. The van der Waals surface area contributed by atoms with Crippen LogP contribution in [0.15, 0.2) is 73.3 Å². The highest BCUT2D eigenvalue weighted by atomic mass is 16.6. The normalized spacial score (nSPS) is 21.3. The molecule has 1 aromatic heterocycles. The van der Waals surface area contributed by atoms with Crippen LogP contribution in [0.5, 0.6) is 0 Å². The van der Waals surface area contributed by atoms with Gasteiger partial charge in [0.05, 0.1) is 13.6 Å². The number of amides is 1. The minimum atomic E-state index is -1.97. The Kier molecular flexibility index (Phi) is 6.17. The number of likely N-dealkylation sites (N-methyl/N-ethyl adjacent to an activating group) is 1. The molecule has 2 heterocycles. The summed E-state index contributed by atoms with van der Waals surface area (Å²) in [5, 5.41) is 11.6. The van der Waals surface area contributed by atoms with E-state index in [0.29, 0.717) is 30.6 Å². The second kappa shape index (κ2) is 9.05. The van der Waals surface area contributed by atoms with Crippen LogP contribution in [0, 0.1) is 0 Å². The molecule has 9 heteroatoms. The lowest BCUT2D eigenvalue weighted by molar-refractivity contribution is -0.920. The molecule has 4 rings (SSSR count). The first-order chi connectivity index (χ1) is 15.8. The second-order valence-corrected chi connectivity index (χ2v) is 8.45. The van der Waals surface area contributed by atoms with Crippen LogP contribution < -0.4 is 5.73 Å². The molecule has 3 aromatic rings. The largest absolute Gasteiger partial charge is 0.453 e. The minimum absolute atomic E-state index is 0.187. The number of aliphatic hydroxyl groups is 1. The number of carbonyl (C=O) groups excluding carboxylic acids is 2. The number of hydrogen-bond acceptors (Lipinski definition) is 7. The minimum Gasteiger partial charge on any atom is -0.453 e. The Morgan fingerprint density at radius 3 is 2.12 bits per heavy atom. The molecule has 0 saturated carbocycles. The number of ether oxygens (including phenoxy) is 1. The van der Waals surface area contributed by atoms with Gasteiger partial charge >= 0.3 is 5.97 Å². The maximum atomic E-state index is 13.4. The fraction of sp³-hybridized carbons (Fsp3) is 0.292. The number of carbonyl (C=O) groups is 2. The lowest BCUT2D eigenvalue weighted by atomic mass is 9.86. The maximum Gasteiger partial charge on any atom is 0.348 e. The fourth-order valence-electron chi connectivity index (χ4n) is 4.52. The van der Waals surface area contributed by atoms with E-state index in [1.54, 1.807) is 48.5 Å². The van der Waals surface area contributed by atoms with E-state index in [4.69, 9.17) is 10.5 Å². The first kappa shape index (κ1) is 22.5. The molecule has 0 aliphatic carbocycles. The molecule has 33 heavy (non-hydrogen) atoms. The number of nitrogens with zero attached hydrogens (tertiary/aromatic N) is 4. The number of likely N-dealkylation sites (tertiary alicyclic amines) is 1. The zero-order chi connectivity index (χ0) is 23.5. The van der Waals surface area contributed by atoms with Crippen molar-refractivity contribution in [2.45, 2.75) is 24.2 Å². The lowest BCUT2D eigenvalue weighted by Crippen LogP contribution is -2.52. The van der Waals surface area contributed by atoms with Crippen LogP contribution in [0.25, 0.3) is 0 Å². The molecular weight excluding hydrogens is 422 g/mol. The van der Waals surface area contributed by atoms with Gasteiger partial charge < -0.3 is 20.1 Å². The number of nitrogens with two attached hydrogens (primary N) is 1. The van der Waals surface area contributed by atoms with E-state index in [1.807, 2.05) is 19.2 Å². The van der Waals surface area contributed by atoms with E-state index in [9.17, 15) is 14.7 Å². The molecule has 1 fully saturated rings. The third-order valence-electron chi connectivity index (χ3n) is 6.19. The molecule has 0 bridgehead atoms. The number of aromatic nitrogens is 3. The van der Waals surface area contributed by atoms with Gasteiger partial charge in [-0.25, -0.2) is 19.7 Å². The monoisotopic (exact) mass is 448 g/mol. The van der Waals surface area contributed by atoms with Crippen molar-refractivity contribution in [2.75, 3.05) is 20.1 Å². The summed E-state index contributed by atoms with van der Waals surface area (Å²) in [6.07, 6.45) is 2.61. The zero-order valence-corrected chi connectivity index (χ0v) is 18.2. The molecule has 9 nitrogen and oxygen atoms in total. The van der Waals surface area contributed by atoms with Crippen molar-refractivity contribution >= 4 is 11.9 Å². The summed E-state index contributed by atoms with van der Waals surface area (Å²) in [6.45, 7) is 0.844. The summed E-state index contributed by atoms with van der Waals surface area (Å²) in [4.78, 5) is 37.7. The van der Waals surface area contributed by atoms with Crippen LogP contribution in [0.2, 0.25) is 0 Å². The molecule has 1 saturated heterocycles. The van der Waals surface area contributed by atoms with Gasteiger partial charge in [-0.3, -0.25) is 4.79 Å². The summed E-state index contributed by atoms with van der Waals surface area (Å²) in [6, 6.07) is 16.6. The Hall–Kier alpha value is -3.69. The summed E-state index contributed by atoms with van der Waals surface area (Å²) in [5.74, 6) is -1.06. The number of esters is 1. The molecule has 1 aliphatic heterocycles. The van der Waals surface area contributed by atoms with Gasteiger partial charge in [-0.2, -0.15) is 0 Å². The van der Waals surface area contributed by atoms with E-state index in [-0.39, 0.29) is 10.3 Å². The first-order valence-corrected chi connectivity index (χ1v) is 10.6. The van der Waals surface area contributed by atoms with E-state index in [0.717, 1.165) is 0 Å². The third-order valence-corrected chi connectivity index (χ3v) is 6.19. The third kappa shape index (κ3) is 4.33. The van der Waals surface area contributed by atoms with Crippen LogP contribution in [-0.2, 0) is 19.9 Å². The average Bonchev–Trinajstić information content (AvgIpc) is 3.20. The van der Waals surface area contributed by atoms with E-state index >= 15 is 0 Å². The Labute approximate surface area is 191 Å². The smallest absolute Gasteiger partial charge is 0.348 e. The van der Waals surface area contributed by atoms with Gasteiger partial charge in [0, 0.05) is 6.42 Å². The molecule has 2 unspecified atom stereocenters. The molecule has 3 N–H and O–H groups in total. The SMILES string of the molecule is C[N+]1(C(C(N)=O)c2ncncn2)CC[C@@H](OC(=O)C(O)(c2ccccc2)c2ccccc2)C1. The molecular formula is C24H26N5O4+. The Balaban J connectivity index is 1.59. The number of rotatable bonds is 7. The van der Waals surface area contributed by atoms with Gasteiger partial charge in [-0.15, -0.1) is 0 Å². The summed E-state index contributed by atoms with van der Waals surface area (Å²) in [5.41, 5.74) is 4.56.